The number of piperazine rings is 1. The Morgan fingerprint density at radius 3 is 2.45 bits per heavy atom. The predicted molar refractivity (Wildman–Crippen MR) is 113 cm³/mol. The van der Waals surface area contributed by atoms with Crippen molar-refractivity contribution < 1.29 is 9.53 Å². The second-order valence-electron chi connectivity index (χ2n) is 6.86. The molecule has 1 aliphatic heterocycles. The van der Waals surface area contributed by atoms with Gasteiger partial charge in [0.15, 0.2) is 5.75 Å². The first-order valence-electron chi connectivity index (χ1n) is 9.60. The van der Waals surface area contributed by atoms with E-state index in [-0.39, 0.29) is 0 Å². The van der Waals surface area contributed by atoms with Crippen molar-refractivity contribution in [3.8, 4) is 11.5 Å². The van der Waals surface area contributed by atoms with Gasteiger partial charge in [-0.3, -0.25) is 4.79 Å². The number of anilines is 3. The quantitative estimate of drug-likeness (QED) is 0.650. The maximum atomic E-state index is 10.9. The van der Waals surface area contributed by atoms with Gasteiger partial charge >= 0.3 is 0 Å². The molecule has 1 N–H and O–H groups in total. The van der Waals surface area contributed by atoms with Crippen molar-refractivity contribution in [2.45, 2.75) is 6.92 Å². The summed E-state index contributed by atoms with van der Waals surface area (Å²) in [4.78, 5) is 24.1. The molecule has 1 aromatic heterocycles. The van der Waals surface area contributed by atoms with Crippen molar-refractivity contribution in [2.24, 2.45) is 0 Å². The molecule has 1 aliphatic rings. The van der Waals surface area contributed by atoms with E-state index in [1.165, 1.54) is 0 Å². The average molecular weight is 389 g/mol. The lowest BCUT2D eigenvalue weighted by Crippen LogP contribution is -2.46. The fraction of sp³-hybridized carbons (Fsp3) is 0.227. The van der Waals surface area contributed by atoms with Crippen LogP contribution in [-0.4, -0.2) is 47.5 Å². The number of ether oxygens (including phenoxy) is 1. The molecule has 0 bridgehead atoms. The Hall–Kier alpha value is -3.61. The van der Waals surface area contributed by atoms with Crippen LogP contribution in [0.5, 0.6) is 11.5 Å². The molecule has 0 unspecified atom stereocenters. The standard InChI is InChI=1S/C22H23N5O2/c1-17-15-21(25-22(23-17)27-13-11-26(16-28)12-14-27)24-19-9-5-6-10-20(19)29-18-7-3-2-4-8-18/h2-10,15-16H,11-14H2,1H3,(H,23,24,25). The third-order valence-electron chi connectivity index (χ3n) is 4.71. The molecule has 0 spiro atoms. The summed E-state index contributed by atoms with van der Waals surface area (Å²) in [6, 6.07) is 19.3. The minimum atomic E-state index is 0.666. The molecule has 7 nitrogen and oxygen atoms in total. The maximum absolute atomic E-state index is 10.9. The van der Waals surface area contributed by atoms with E-state index < -0.39 is 0 Å². The van der Waals surface area contributed by atoms with Crippen LogP contribution in [0, 0.1) is 6.92 Å². The van der Waals surface area contributed by atoms with Crippen molar-refractivity contribution >= 4 is 23.9 Å². The van der Waals surface area contributed by atoms with Crippen LogP contribution in [0.1, 0.15) is 5.69 Å². The van der Waals surface area contributed by atoms with Gasteiger partial charge in [-0.05, 0) is 31.2 Å². The number of hydrogen-bond acceptors (Lipinski definition) is 6. The van der Waals surface area contributed by atoms with Gasteiger partial charge in [-0.15, -0.1) is 0 Å². The van der Waals surface area contributed by atoms with Crippen molar-refractivity contribution in [1.29, 1.82) is 0 Å². The average Bonchev–Trinajstić information content (AvgIpc) is 2.75. The van der Waals surface area contributed by atoms with E-state index in [2.05, 4.69) is 15.2 Å². The Morgan fingerprint density at radius 1 is 0.966 bits per heavy atom. The number of para-hydroxylation sites is 3. The first kappa shape index (κ1) is 18.7. The largest absolute Gasteiger partial charge is 0.455 e. The van der Waals surface area contributed by atoms with E-state index in [9.17, 15) is 4.79 Å². The van der Waals surface area contributed by atoms with Crippen molar-refractivity contribution in [3.63, 3.8) is 0 Å². The summed E-state index contributed by atoms with van der Waals surface area (Å²) in [6.07, 6.45) is 0.894. The van der Waals surface area contributed by atoms with Gasteiger partial charge in [0.2, 0.25) is 12.4 Å². The topological polar surface area (TPSA) is 70.6 Å². The van der Waals surface area contributed by atoms with E-state index >= 15 is 0 Å². The SMILES string of the molecule is Cc1cc(Nc2ccccc2Oc2ccccc2)nc(N2CCN(C=O)CC2)n1. The molecule has 0 radical (unpaired) electrons. The molecule has 0 aliphatic carbocycles. The van der Waals surface area contributed by atoms with Crippen LogP contribution in [0.25, 0.3) is 0 Å². The normalized spacial score (nSPS) is 13.8. The highest BCUT2D eigenvalue weighted by Crippen LogP contribution is 2.31. The summed E-state index contributed by atoms with van der Waals surface area (Å²) in [7, 11) is 0. The van der Waals surface area contributed by atoms with Gasteiger partial charge in [0.1, 0.15) is 11.6 Å². The monoisotopic (exact) mass is 389 g/mol. The minimum Gasteiger partial charge on any atom is -0.455 e. The molecule has 1 amide bonds. The van der Waals surface area contributed by atoms with Crippen LogP contribution >= 0.6 is 0 Å². The Labute approximate surface area is 170 Å². The van der Waals surface area contributed by atoms with Gasteiger partial charge < -0.3 is 19.9 Å². The van der Waals surface area contributed by atoms with Crippen molar-refractivity contribution in [1.82, 2.24) is 14.9 Å². The van der Waals surface area contributed by atoms with Crippen LogP contribution in [0.4, 0.5) is 17.5 Å². The molecule has 29 heavy (non-hydrogen) atoms. The first-order valence-corrected chi connectivity index (χ1v) is 9.60. The molecule has 1 saturated heterocycles. The number of aryl methyl sites for hydroxylation is 1. The van der Waals surface area contributed by atoms with Crippen LogP contribution in [0.3, 0.4) is 0 Å². The second kappa shape index (κ2) is 8.60. The van der Waals surface area contributed by atoms with E-state index in [0.717, 1.165) is 42.4 Å². The molecule has 7 heteroatoms. The highest BCUT2D eigenvalue weighted by atomic mass is 16.5. The first-order chi connectivity index (χ1) is 14.2. The smallest absolute Gasteiger partial charge is 0.227 e. The molecular weight excluding hydrogens is 366 g/mol. The van der Waals surface area contributed by atoms with Gasteiger partial charge in [-0.2, -0.15) is 4.98 Å². The molecule has 2 aromatic carbocycles. The Kier molecular flexibility index (Phi) is 5.56. The summed E-state index contributed by atoms with van der Waals surface area (Å²) in [5, 5.41) is 3.36. The van der Waals surface area contributed by atoms with Gasteiger partial charge in [-0.25, -0.2) is 4.98 Å². The van der Waals surface area contributed by atoms with Gasteiger partial charge in [0.25, 0.3) is 0 Å². The number of carbonyl (C=O) groups is 1. The molecule has 148 valence electrons. The second-order valence-corrected chi connectivity index (χ2v) is 6.86. The number of carbonyl (C=O) groups excluding carboxylic acids is 1. The van der Waals surface area contributed by atoms with Gasteiger partial charge in [0, 0.05) is 37.9 Å². The zero-order valence-electron chi connectivity index (χ0n) is 16.3. The third kappa shape index (κ3) is 4.63. The predicted octanol–water partition coefficient (Wildman–Crippen LogP) is 3.60. The molecule has 0 atom stereocenters. The summed E-state index contributed by atoms with van der Waals surface area (Å²) < 4.78 is 6.03. The van der Waals surface area contributed by atoms with E-state index in [1.807, 2.05) is 67.6 Å². The Morgan fingerprint density at radius 2 is 1.69 bits per heavy atom. The number of rotatable bonds is 6. The van der Waals surface area contributed by atoms with Crippen molar-refractivity contribution in [3.05, 3.63) is 66.4 Å². The maximum Gasteiger partial charge on any atom is 0.227 e. The summed E-state index contributed by atoms with van der Waals surface area (Å²) in [5.41, 5.74) is 1.70. The fourth-order valence-corrected chi connectivity index (χ4v) is 3.20. The molecule has 3 aromatic rings. The number of aromatic nitrogens is 2. The summed E-state index contributed by atoms with van der Waals surface area (Å²) >= 11 is 0. The van der Waals surface area contributed by atoms with Gasteiger partial charge in [0.05, 0.1) is 5.69 Å². The third-order valence-corrected chi connectivity index (χ3v) is 4.71. The summed E-state index contributed by atoms with van der Waals surface area (Å²) in [6.45, 7) is 4.74. The highest BCUT2D eigenvalue weighted by Gasteiger charge is 2.19. The van der Waals surface area contributed by atoms with E-state index in [1.54, 1.807) is 4.90 Å². The molecule has 0 saturated carbocycles. The lowest BCUT2D eigenvalue weighted by molar-refractivity contribution is -0.118. The molecule has 4 rings (SSSR count). The van der Waals surface area contributed by atoms with Crippen LogP contribution in [0.2, 0.25) is 0 Å². The van der Waals surface area contributed by atoms with Crippen LogP contribution < -0.4 is 15.0 Å². The minimum absolute atomic E-state index is 0.666. The number of hydrogen-bond donors (Lipinski definition) is 1. The summed E-state index contributed by atoms with van der Waals surface area (Å²) in [5.74, 6) is 2.86. The highest BCUT2D eigenvalue weighted by molar-refractivity contribution is 5.65. The lowest BCUT2D eigenvalue weighted by Gasteiger charge is -2.32. The number of nitrogens with one attached hydrogen (secondary N) is 1. The van der Waals surface area contributed by atoms with Crippen LogP contribution in [-0.2, 0) is 4.79 Å². The number of amides is 1. The van der Waals surface area contributed by atoms with Crippen LogP contribution in [0.15, 0.2) is 60.7 Å². The Bertz CT molecular complexity index is 972. The van der Waals surface area contributed by atoms with Gasteiger partial charge in [-0.1, -0.05) is 30.3 Å². The van der Waals surface area contributed by atoms with E-state index in [0.29, 0.717) is 24.9 Å². The molecule has 2 heterocycles. The zero-order chi connectivity index (χ0) is 20.1. The number of nitrogens with zero attached hydrogens (tertiary/aromatic N) is 4. The lowest BCUT2D eigenvalue weighted by atomic mass is 10.2. The fourth-order valence-electron chi connectivity index (χ4n) is 3.20. The van der Waals surface area contributed by atoms with Crippen molar-refractivity contribution in [2.75, 3.05) is 36.4 Å². The Balaban J connectivity index is 1.54. The molecular formula is C22H23N5O2. The zero-order valence-corrected chi connectivity index (χ0v) is 16.3. The molecule has 1 fully saturated rings. The number of benzene rings is 2. The van der Waals surface area contributed by atoms with E-state index in [4.69, 9.17) is 9.72 Å².